The second kappa shape index (κ2) is 18.9. The molecule has 2 rings (SSSR count). The molecule has 1 heterocycles. The molecule has 0 aliphatic rings. The fraction of sp³-hybridized carbons (Fsp3) is 0.545. The summed E-state index contributed by atoms with van der Waals surface area (Å²) in [4.78, 5) is 21.1. The van der Waals surface area contributed by atoms with Gasteiger partial charge in [0.25, 0.3) is 5.91 Å². The van der Waals surface area contributed by atoms with Crippen molar-refractivity contribution in [2.45, 2.75) is 63.3 Å². The number of thiazole rings is 1. The quantitative estimate of drug-likeness (QED) is 0.552. The molecule has 4 nitrogen and oxygen atoms in total. The van der Waals surface area contributed by atoms with E-state index in [9.17, 15) is 4.79 Å². The van der Waals surface area contributed by atoms with Crippen LogP contribution in [0.15, 0.2) is 30.3 Å². The summed E-state index contributed by atoms with van der Waals surface area (Å²) in [6, 6.07) is 9.61. The minimum absolute atomic E-state index is 0. The van der Waals surface area contributed by atoms with E-state index in [0.29, 0.717) is 4.88 Å². The van der Waals surface area contributed by atoms with Gasteiger partial charge in [-0.25, -0.2) is 4.98 Å². The molecule has 0 aliphatic carbocycles. The van der Waals surface area contributed by atoms with E-state index in [0.717, 1.165) is 16.5 Å². The SMILES string of the molecule is C.C.CC.CC.CC.Cc1nc(N(C)C)sc1C(=O)N(C)c1ccccc1. The van der Waals surface area contributed by atoms with Crippen molar-refractivity contribution in [2.24, 2.45) is 0 Å². The van der Waals surface area contributed by atoms with E-state index in [1.165, 1.54) is 11.3 Å². The van der Waals surface area contributed by atoms with Gasteiger partial charge in [0.1, 0.15) is 4.88 Å². The molecule has 0 N–H and O–H groups in total. The molecule has 0 bridgehead atoms. The van der Waals surface area contributed by atoms with Gasteiger partial charge in [-0.3, -0.25) is 4.79 Å². The van der Waals surface area contributed by atoms with E-state index in [-0.39, 0.29) is 20.8 Å². The van der Waals surface area contributed by atoms with E-state index in [2.05, 4.69) is 4.98 Å². The molecular formula is C22H43N3OS. The molecule has 0 fully saturated rings. The average Bonchev–Trinajstić information content (AvgIpc) is 3.08. The van der Waals surface area contributed by atoms with Crippen molar-refractivity contribution in [3.05, 3.63) is 40.9 Å². The van der Waals surface area contributed by atoms with Crippen molar-refractivity contribution in [1.82, 2.24) is 4.98 Å². The summed E-state index contributed by atoms with van der Waals surface area (Å²) >= 11 is 1.42. The minimum Gasteiger partial charge on any atom is -0.354 e. The summed E-state index contributed by atoms with van der Waals surface area (Å²) in [6.07, 6.45) is 0. The molecule has 27 heavy (non-hydrogen) atoms. The molecule has 5 heteroatoms. The number of nitrogens with zero attached hydrogens (tertiary/aromatic N) is 3. The molecule has 2 aromatic rings. The number of amides is 1. The molecule has 1 aromatic carbocycles. The van der Waals surface area contributed by atoms with Crippen LogP contribution in [-0.4, -0.2) is 32.0 Å². The van der Waals surface area contributed by atoms with Gasteiger partial charge in [0.15, 0.2) is 5.13 Å². The first-order valence-corrected chi connectivity index (χ1v) is 9.80. The Kier molecular flexibility index (Phi) is 22.9. The average molecular weight is 398 g/mol. The Balaban J connectivity index is -0.000000301. The summed E-state index contributed by atoms with van der Waals surface area (Å²) in [5.41, 5.74) is 1.66. The molecule has 0 saturated heterocycles. The third kappa shape index (κ3) is 10.1. The van der Waals surface area contributed by atoms with Crippen LogP contribution >= 0.6 is 11.3 Å². The Morgan fingerprint density at radius 2 is 1.33 bits per heavy atom. The zero-order valence-corrected chi connectivity index (χ0v) is 18.4. The van der Waals surface area contributed by atoms with Gasteiger partial charge < -0.3 is 9.80 Å². The van der Waals surface area contributed by atoms with Crippen LogP contribution in [0.2, 0.25) is 0 Å². The minimum atomic E-state index is -0.0192. The van der Waals surface area contributed by atoms with Crippen LogP contribution in [0.3, 0.4) is 0 Å². The summed E-state index contributed by atoms with van der Waals surface area (Å²) in [6.45, 7) is 13.9. The largest absolute Gasteiger partial charge is 0.354 e. The highest BCUT2D eigenvalue weighted by Crippen LogP contribution is 2.26. The Hall–Kier alpha value is -1.88. The summed E-state index contributed by atoms with van der Waals surface area (Å²) in [7, 11) is 5.63. The fourth-order valence-electron chi connectivity index (χ4n) is 1.69. The van der Waals surface area contributed by atoms with E-state index < -0.39 is 0 Å². The first-order valence-electron chi connectivity index (χ1n) is 8.98. The van der Waals surface area contributed by atoms with Crippen molar-refractivity contribution in [3.8, 4) is 0 Å². The molecule has 1 amide bonds. The van der Waals surface area contributed by atoms with Crippen molar-refractivity contribution < 1.29 is 4.79 Å². The highest BCUT2D eigenvalue weighted by atomic mass is 32.1. The van der Waals surface area contributed by atoms with Crippen LogP contribution in [0, 0.1) is 6.92 Å². The number of carbonyl (C=O) groups excluding carboxylic acids is 1. The lowest BCUT2D eigenvalue weighted by atomic mass is 10.3. The fourth-order valence-corrected chi connectivity index (χ4v) is 2.66. The number of hydrogen-bond acceptors (Lipinski definition) is 4. The van der Waals surface area contributed by atoms with E-state index in [1.54, 1.807) is 11.9 Å². The number of hydrogen-bond donors (Lipinski definition) is 0. The lowest BCUT2D eigenvalue weighted by Crippen LogP contribution is -2.25. The Labute approximate surface area is 173 Å². The Bertz CT molecular complexity index is 580. The Morgan fingerprint density at radius 3 is 1.70 bits per heavy atom. The van der Waals surface area contributed by atoms with Gasteiger partial charge in [-0.05, 0) is 19.1 Å². The van der Waals surface area contributed by atoms with Gasteiger partial charge in [-0.2, -0.15) is 0 Å². The normalized spacial score (nSPS) is 7.93. The predicted molar refractivity (Wildman–Crippen MR) is 128 cm³/mol. The maximum atomic E-state index is 12.5. The predicted octanol–water partition coefficient (Wildman–Crippen LogP) is 7.14. The van der Waals surface area contributed by atoms with Gasteiger partial charge in [0.2, 0.25) is 0 Å². The third-order valence-corrected chi connectivity index (χ3v) is 4.12. The van der Waals surface area contributed by atoms with Gasteiger partial charge in [-0.15, -0.1) is 0 Å². The van der Waals surface area contributed by atoms with E-state index >= 15 is 0 Å². The van der Waals surface area contributed by atoms with E-state index in [4.69, 9.17) is 0 Å². The molecule has 0 aliphatic heterocycles. The second-order valence-corrected chi connectivity index (χ2v) is 5.48. The van der Waals surface area contributed by atoms with Gasteiger partial charge >= 0.3 is 0 Å². The van der Waals surface area contributed by atoms with Crippen LogP contribution in [0.4, 0.5) is 10.8 Å². The summed E-state index contributed by atoms with van der Waals surface area (Å²) < 4.78 is 0. The standard InChI is InChI=1S/C14H17N3OS.3C2H6.2CH4/c1-10-12(19-14(15-10)16(2)3)13(18)17(4)11-8-6-5-7-9-11;3*1-2;;/h5-9H,1-4H3;3*1-2H3;2*1H4. The van der Waals surface area contributed by atoms with Gasteiger partial charge in [-0.1, -0.05) is 85.9 Å². The number of rotatable bonds is 3. The number of carbonyl (C=O) groups is 1. The van der Waals surface area contributed by atoms with Crippen LogP contribution in [0.1, 0.15) is 71.8 Å². The molecule has 0 unspecified atom stereocenters. The first kappa shape index (κ1) is 32.8. The van der Waals surface area contributed by atoms with Crippen LogP contribution < -0.4 is 9.80 Å². The number of aryl methyl sites for hydroxylation is 1. The summed E-state index contributed by atoms with van der Waals surface area (Å²) in [5, 5.41) is 0.849. The van der Waals surface area contributed by atoms with Crippen LogP contribution in [0.5, 0.6) is 0 Å². The zero-order chi connectivity index (χ0) is 20.0. The topological polar surface area (TPSA) is 36.4 Å². The maximum Gasteiger partial charge on any atom is 0.270 e. The van der Waals surface area contributed by atoms with Crippen molar-refractivity contribution in [3.63, 3.8) is 0 Å². The first-order chi connectivity index (χ1) is 12.0. The molecule has 1 aromatic heterocycles. The molecular weight excluding hydrogens is 354 g/mol. The lowest BCUT2D eigenvalue weighted by Gasteiger charge is -2.16. The molecule has 0 radical (unpaired) electrons. The molecule has 158 valence electrons. The van der Waals surface area contributed by atoms with Crippen molar-refractivity contribution in [2.75, 3.05) is 30.9 Å². The van der Waals surface area contributed by atoms with Gasteiger partial charge in [0.05, 0.1) is 5.69 Å². The highest BCUT2D eigenvalue weighted by molar-refractivity contribution is 7.17. The van der Waals surface area contributed by atoms with Gasteiger partial charge in [0, 0.05) is 26.8 Å². The number of para-hydroxylation sites is 1. The second-order valence-electron chi connectivity index (χ2n) is 4.51. The van der Waals surface area contributed by atoms with Crippen molar-refractivity contribution in [1.29, 1.82) is 0 Å². The molecule has 0 saturated carbocycles. The van der Waals surface area contributed by atoms with Crippen LogP contribution in [0.25, 0.3) is 0 Å². The number of aromatic nitrogens is 1. The lowest BCUT2D eigenvalue weighted by molar-refractivity contribution is 0.0996. The number of benzene rings is 1. The maximum absolute atomic E-state index is 12.5. The zero-order valence-electron chi connectivity index (χ0n) is 17.5. The van der Waals surface area contributed by atoms with E-state index in [1.807, 2.05) is 97.8 Å². The highest BCUT2D eigenvalue weighted by Gasteiger charge is 2.20. The monoisotopic (exact) mass is 397 g/mol. The number of anilines is 2. The van der Waals surface area contributed by atoms with Crippen LogP contribution in [-0.2, 0) is 0 Å². The molecule has 0 spiro atoms. The third-order valence-electron chi connectivity index (χ3n) is 2.81. The smallest absolute Gasteiger partial charge is 0.270 e. The van der Waals surface area contributed by atoms with Crippen molar-refractivity contribution >= 4 is 28.1 Å². The summed E-state index contributed by atoms with van der Waals surface area (Å²) in [5.74, 6) is -0.0192. The Morgan fingerprint density at radius 1 is 0.889 bits per heavy atom. The molecule has 0 atom stereocenters.